The Hall–Kier alpha value is -3.00. The van der Waals surface area contributed by atoms with Gasteiger partial charge in [-0.3, -0.25) is 4.79 Å². The predicted octanol–water partition coefficient (Wildman–Crippen LogP) is 3.26. The first-order chi connectivity index (χ1) is 15.5. The molecule has 1 atom stereocenters. The molecule has 0 unspecified atom stereocenters. The van der Waals surface area contributed by atoms with Crippen LogP contribution >= 0.6 is 0 Å². The standard InChI is InChI=1S/C24H31NO7/c1-6-31-10-11-32-24(27)20-14(2)25-16-8-7-9-17(26)22(16)21(20)15-12-18(28-3)23(30-5)19(13-15)29-4/h12-13,21,25H,6-11H2,1-5H3/t21-/m0/s1. The van der Waals surface area contributed by atoms with E-state index in [1.807, 2.05) is 13.8 Å². The van der Waals surface area contributed by atoms with Crippen molar-refractivity contribution in [3.63, 3.8) is 0 Å². The Kier molecular flexibility index (Phi) is 7.80. The number of ether oxygens (including phenoxy) is 5. The second kappa shape index (κ2) is 10.5. The second-order valence-corrected chi connectivity index (χ2v) is 7.56. The molecule has 1 heterocycles. The van der Waals surface area contributed by atoms with Crippen molar-refractivity contribution in [2.45, 2.75) is 39.0 Å². The van der Waals surface area contributed by atoms with Gasteiger partial charge in [-0.1, -0.05) is 0 Å². The minimum atomic E-state index is -0.604. The molecule has 3 rings (SSSR count). The van der Waals surface area contributed by atoms with Crippen molar-refractivity contribution in [3.05, 3.63) is 40.2 Å². The molecule has 1 aromatic rings. The summed E-state index contributed by atoms with van der Waals surface area (Å²) in [7, 11) is 4.59. The summed E-state index contributed by atoms with van der Waals surface area (Å²) in [5.74, 6) is 0.272. The normalized spacial score (nSPS) is 18.2. The molecule has 0 radical (unpaired) electrons. The lowest BCUT2D eigenvalue weighted by Crippen LogP contribution is -2.34. The lowest BCUT2D eigenvalue weighted by molar-refractivity contribution is -0.140. The van der Waals surface area contributed by atoms with Gasteiger partial charge in [-0.15, -0.1) is 0 Å². The number of nitrogens with one attached hydrogen (secondary N) is 1. The first-order valence-corrected chi connectivity index (χ1v) is 10.8. The van der Waals surface area contributed by atoms with E-state index in [1.165, 1.54) is 21.3 Å². The Morgan fingerprint density at radius 1 is 1.06 bits per heavy atom. The first kappa shape index (κ1) is 23.7. The van der Waals surface area contributed by atoms with Crippen LogP contribution in [0.5, 0.6) is 17.2 Å². The lowest BCUT2D eigenvalue weighted by Gasteiger charge is -2.34. The van der Waals surface area contributed by atoms with Gasteiger partial charge in [-0.2, -0.15) is 0 Å². The molecule has 0 fully saturated rings. The third-order valence-electron chi connectivity index (χ3n) is 5.68. The summed E-state index contributed by atoms with van der Waals surface area (Å²) in [5.41, 5.74) is 3.19. The maximum Gasteiger partial charge on any atom is 0.336 e. The molecular formula is C24H31NO7. The Morgan fingerprint density at radius 2 is 1.75 bits per heavy atom. The van der Waals surface area contributed by atoms with Crippen LogP contribution in [0.1, 0.15) is 44.6 Å². The molecule has 174 valence electrons. The van der Waals surface area contributed by atoms with E-state index in [0.29, 0.717) is 59.3 Å². The summed E-state index contributed by atoms with van der Waals surface area (Å²) < 4.78 is 27.3. The molecular weight excluding hydrogens is 414 g/mol. The average molecular weight is 446 g/mol. The lowest BCUT2D eigenvalue weighted by atomic mass is 9.75. The SMILES string of the molecule is CCOCCOC(=O)C1=C(C)NC2=C(C(=O)CCC2)[C@H]1c1cc(OC)c(OC)c(OC)c1. The number of carbonyl (C=O) groups is 2. The van der Waals surface area contributed by atoms with Crippen LogP contribution in [0.2, 0.25) is 0 Å². The van der Waals surface area contributed by atoms with Crippen molar-refractivity contribution in [1.29, 1.82) is 0 Å². The van der Waals surface area contributed by atoms with E-state index in [4.69, 9.17) is 23.7 Å². The maximum atomic E-state index is 13.2. The van der Waals surface area contributed by atoms with Crippen molar-refractivity contribution in [3.8, 4) is 17.2 Å². The molecule has 0 saturated heterocycles. The average Bonchev–Trinajstić information content (AvgIpc) is 2.79. The number of carbonyl (C=O) groups excluding carboxylic acids is 2. The largest absolute Gasteiger partial charge is 0.493 e. The van der Waals surface area contributed by atoms with Gasteiger partial charge in [-0.05, 0) is 44.4 Å². The third kappa shape index (κ3) is 4.60. The fourth-order valence-electron chi connectivity index (χ4n) is 4.27. The Labute approximate surface area is 188 Å². The molecule has 1 aliphatic heterocycles. The van der Waals surface area contributed by atoms with Crippen molar-refractivity contribution in [2.24, 2.45) is 0 Å². The highest BCUT2D eigenvalue weighted by Crippen LogP contribution is 2.47. The number of Topliss-reactive ketones (excluding diaryl/α,β-unsaturated/α-hetero) is 1. The van der Waals surface area contributed by atoms with E-state index < -0.39 is 11.9 Å². The molecule has 1 aliphatic carbocycles. The van der Waals surface area contributed by atoms with E-state index in [1.54, 1.807) is 12.1 Å². The molecule has 8 heteroatoms. The van der Waals surface area contributed by atoms with Gasteiger partial charge >= 0.3 is 5.97 Å². The quantitative estimate of drug-likeness (QED) is 0.457. The number of rotatable bonds is 9. The highest BCUT2D eigenvalue weighted by atomic mass is 16.6. The zero-order chi connectivity index (χ0) is 23.3. The summed E-state index contributed by atoms with van der Waals surface area (Å²) in [6.07, 6.45) is 1.95. The highest BCUT2D eigenvalue weighted by Gasteiger charge is 2.40. The number of dihydropyridines is 1. The molecule has 0 aromatic heterocycles. The van der Waals surface area contributed by atoms with Crippen molar-refractivity contribution < 1.29 is 33.3 Å². The van der Waals surface area contributed by atoms with E-state index in [9.17, 15) is 9.59 Å². The predicted molar refractivity (Wildman–Crippen MR) is 118 cm³/mol. The smallest absolute Gasteiger partial charge is 0.336 e. The fourth-order valence-corrected chi connectivity index (χ4v) is 4.27. The second-order valence-electron chi connectivity index (χ2n) is 7.56. The van der Waals surface area contributed by atoms with Crippen LogP contribution in [0.25, 0.3) is 0 Å². The number of hydrogen-bond donors (Lipinski definition) is 1. The Bertz CT molecular complexity index is 923. The topological polar surface area (TPSA) is 92.3 Å². The number of esters is 1. The number of allylic oxidation sites excluding steroid dienone is 3. The third-order valence-corrected chi connectivity index (χ3v) is 5.68. The van der Waals surface area contributed by atoms with Gasteiger partial charge in [0.1, 0.15) is 6.61 Å². The number of hydrogen-bond acceptors (Lipinski definition) is 8. The van der Waals surface area contributed by atoms with Crippen molar-refractivity contribution in [2.75, 3.05) is 41.2 Å². The summed E-state index contributed by atoms with van der Waals surface area (Å²) in [6.45, 7) is 4.68. The van der Waals surface area contributed by atoms with Gasteiger partial charge in [-0.25, -0.2) is 4.79 Å². The van der Waals surface area contributed by atoms with Gasteiger partial charge in [0.05, 0.1) is 33.5 Å². The molecule has 1 aromatic carbocycles. The number of ketones is 1. The number of benzene rings is 1. The van der Waals surface area contributed by atoms with Gasteiger partial charge < -0.3 is 29.0 Å². The first-order valence-electron chi connectivity index (χ1n) is 10.8. The fraction of sp³-hybridized carbons (Fsp3) is 0.500. The van der Waals surface area contributed by atoms with Crippen LogP contribution in [-0.2, 0) is 19.1 Å². The van der Waals surface area contributed by atoms with Crippen molar-refractivity contribution >= 4 is 11.8 Å². The summed E-state index contributed by atoms with van der Waals surface area (Å²) in [6, 6.07) is 3.56. The summed E-state index contributed by atoms with van der Waals surface area (Å²) in [4.78, 5) is 26.2. The Morgan fingerprint density at radius 3 is 2.34 bits per heavy atom. The van der Waals surface area contributed by atoms with Crippen LogP contribution in [-0.4, -0.2) is 52.9 Å². The molecule has 1 N–H and O–H groups in total. The van der Waals surface area contributed by atoms with E-state index in [2.05, 4.69) is 5.32 Å². The zero-order valence-corrected chi connectivity index (χ0v) is 19.3. The zero-order valence-electron chi connectivity index (χ0n) is 19.3. The molecule has 0 amide bonds. The van der Waals surface area contributed by atoms with Crippen LogP contribution < -0.4 is 19.5 Å². The van der Waals surface area contributed by atoms with Crippen LogP contribution in [0.15, 0.2) is 34.7 Å². The van der Waals surface area contributed by atoms with Gasteiger partial charge in [0.2, 0.25) is 5.75 Å². The molecule has 0 spiro atoms. The monoisotopic (exact) mass is 445 g/mol. The van der Waals surface area contributed by atoms with Gasteiger partial charge in [0.15, 0.2) is 17.3 Å². The van der Waals surface area contributed by atoms with Crippen LogP contribution in [0.3, 0.4) is 0 Å². The molecule has 32 heavy (non-hydrogen) atoms. The minimum absolute atomic E-state index is 0.0182. The molecule has 0 saturated carbocycles. The summed E-state index contributed by atoms with van der Waals surface area (Å²) >= 11 is 0. The molecule has 8 nitrogen and oxygen atoms in total. The highest BCUT2D eigenvalue weighted by molar-refractivity contribution is 6.03. The maximum absolute atomic E-state index is 13.2. The van der Waals surface area contributed by atoms with Crippen LogP contribution in [0, 0.1) is 0 Å². The minimum Gasteiger partial charge on any atom is -0.493 e. The van der Waals surface area contributed by atoms with Gasteiger partial charge in [0, 0.05) is 35.9 Å². The molecule has 0 bridgehead atoms. The summed E-state index contributed by atoms with van der Waals surface area (Å²) in [5, 5.41) is 3.28. The number of methoxy groups -OCH3 is 3. The van der Waals surface area contributed by atoms with E-state index >= 15 is 0 Å². The van der Waals surface area contributed by atoms with E-state index in [-0.39, 0.29) is 12.4 Å². The Balaban J connectivity index is 2.12. The molecule has 2 aliphatic rings. The van der Waals surface area contributed by atoms with Crippen LogP contribution in [0.4, 0.5) is 0 Å². The van der Waals surface area contributed by atoms with Crippen molar-refractivity contribution in [1.82, 2.24) is 5.32 Å². The van der Waals surface area contributed by atoms with Gasteiger partial charge in [0.25, 0.3) is 0 Å². The van der Waals surface area contributed by atoms with E-state index in [0.717, 1.165) is 18.5 Å².